The van der Waals surface area contributed by atoms with Crippen molar-refractivity contribution in [3.05, 3.63) is 64.3 Å². The maximum absolute atomic E-state index is 12.6. The first-order valence-corrected chi connectivity index (χ1v) is 8.41. The van der Waals surface area contributed by atoms with Gasteiger partial charge in [0.15, 0.2) is 0 Å². The van der Waals surface area contributed by atoms with Crippen LogP contribution in [0.25, 0.3) is 11.0 Å². The molecule has 0 spiro atoms. The van der Waals surface area contributed by atoms with Crippen LogP contribution in [-0.2, 0) is 7.05 Å². The van der Waals surface area contributed by atoms with Crippen LogP contribution in [0.1, 0.15) is 42.5 Å². The molecule has 0 radical (unpaired) electrons. The predicted octanol–water partition coefficient (Wildman–Crippen LogP) is 2.78. The van der Waals surface area contributed by atoms with Gasteiger partial charge in [-0.15, -0.1) is 0 Å². The van der Waals surface area contributed by atoms with Crippen molar-refractivity contribution < 1.29 is 4.79 Å². The Bertz CT molecular complexity index is 924. The number of amides is 1. The smallest absolute Gasteiger partial charge is 0.252 e. The van der Waals surface area contributed by atoms with Crippen molar-refractivity contribution in [2.45, 2.75) is 26.3 Å². The summed E-state index contributed by atoms with van der Waals surface area (Å²) in [6, 6.07) is 10.5. The lowest BCUT2D eigenvalue weighted by molar-refractivity contribution is 0.0920. The molecular formula is C19H22N4O2. The lowest BCUT2D eigenvalue weighted by atomic mass is 9.98. The van der Waals surface area contributed by atoms with Crippen LogP contribution in [-0.4, -0.2) is 20.4 Å². The lowest BCUT2D eigenvalue weighted by Crippen LogP contribution is -2.34. The van der Waals surface area contributed by atoms with Crippen LogP contribution in [0.2, 0.25) is 0 Å². The normalized spacial score (nSPS) is 13.6. The highest BCUT2D eigenvalue weighted by Crippen LogP contribution is 2.25. The number of nitrogens with one attached hydrogen (secondary N) is 2. The van der Waals surface area contributed by atoms with E-state index in [2.05, 4.69) is 29.1 Å². The van der Waals surface area contributed by atoms with Crippen LogP contribution in [0, 0.1) is 5.92 Å². The molecule has 0 aliphatic carbocycles. The van der Waals surface area contributed by atoms with Crippen LogP contribution in [0.4, 0.5) is 0 Å². The number of para-hydroxylation sites is 2. The molecule has 0 saturated heterocycles. The van der Waals surface area contributed by atoms with Gasteiger partial charge in [0.05, 0.1) is 17.1 Å². The van der Waals surface area contributed by atoms with E-state index in [0.29, 0.717) is 5.56 Å². The minimum atomic E-state index is -0.275. The van der Waals surface area contributed by atoms with Crippen LogP contribution in [0.3, 0.4) is 0 Å². The Kier molecular flexibility index (Phi) is 4.70. The number of aromatic nitrogens is 3. The number of rotatable bonds is 5. The summed E-state index contributed by atoms with van der Waals surface area (Å²) >= 11 is 0. The van der Waals surface area contributed by atoms with E-state index in [1.807, 2.05) is 24.3 Å². The highest BCUT2D eigenvalue weighted by Gasteiger charge is 2.24. The third-order valence-electron chi connectivity index (χ3n) is 4.57. The van der Waals surface area contributed by atoms with Gasteiger partial charge >= 0.3 is 0 Å². The van der Waals surface area contributed by atoms with Gasteiger partial charge in [-0.2, -0.15) is 0 Å². The van der Waals surface area contributed by atoms with Gasteiger partial charge in [0.2, 0.25) is 0 Å². The first-order valence-electron chi connectivity index (χ1n) is 8.41. The molecule has 3 rings (SSSR count). The molecule has 0 fully saturated rings. The molecule has 6 nitrogen and oxygen atoms in total. The summed E-state index contributed by atoms with van der Waals surface area (Å²) in [5.74, 6) is 0.646. The first-order chi connectivity index (χ1) is 12.0. The SMILES string of the molecule is CC[C@@H](C)[C@@H](NC(=O)c1ccn(C)c(=O)c1)c1nc2ccccc2[nH]1. The number of hydrogen-bond acceptors (Lipinski definition) is 3. The van der Waals surface area contributed by atoms with Gasteiger partial charge in [-0.05, 0) is 24.1 Å². The fourth-order valence-electron chi connectivity index (χ4n) is 2.75. The van der Waals surface area contributed by atoms with Crippen molar-refractivity contribution >= 4 is 16.9 Å². The third-order valence-corrected chi connectivity index (χ3v) is 4.57. The fourth-order valence-corrected chi connectivity index (χ4v) is 2.75. The second-order valence-electron chi connectivity index (χ2n) is 6.34. The van der Waals surface area contributed by atoms with E-state index in [9.17, 15) is 9.59 Å². The van der Waals surface area contributed by atoms with Gasteiger partial charge in [-0.3, -0.25) is 9.59 Å². The number of aromatic amines is 1. The molecule has 2 aromatic heterocycles. The number of carbonyl (C=O) groups excluding carboxylic acids is 1. The molecule has 1 aromatic carbocycles. The Morgan fingerprint density at radius 2 is 2.08 bits per heavy atom. The maximum atomic E-state index is 12.6. The minimum absolute atomic E-state index is 0.191. The largest absolute Gasteiger partial charge is 0.342 e. The number of fused-ring (bicyclic) bond motifs is 1. The highest BCUT2D eigenvalue weighted by atomic mass is 16.2. The zero-order chi connectivity index (χ0) is 18.0. The molecule has 2 heterocycles. The van der Waals surface area contributed by atoms with Gasteiger partial charge < -0.3 is 14.9 Å². The number of hydrogen-bond donors (Lipinski definition) is 2. The van der Waals surface area contributed by atoms with E-state index >= 15 is 0 Å². The van der Waals surface area contributed by atoms with Gasteiger partial charge in [0.25, 0.3) is 11.5 Å². The van der Waals surface area contributed by atoms with Crippen molar-refractivity contribution in [2.24, 2.45) is 13.0 Å². The molecule has 0 aliphatic heterocycles. The molecule has 0 bridgehead atoms. The fraction of sp³-hybridized carbons (Fsp3) is 0.316. The first kappa shape index (κ1) is 17.0. The van der Waals surface area contributed by atoms with Gasteiger partial charge in [0, 0.05) is 24.9 Å². The second-order valence-corrected chi connectivity index (χ2v) is 6.34. The summed E-state index contributed by atoms with van der Waals surface area (Å²) in [7, 11) is 1.65. The Morgan fingerprint density at radius 1 is 1.32 bits per heavy atom. The topological polar surface area (TPSA) is 79.8 Å². The van der Waals surface area contributed by atoms with Crippen LogP contribution in [0.15, 0.2) is 47.4 Å². The molecule has 3 aromatic rings. The van der Waals surface area contributed by atoms with Crippen LogP contribution >= 0.6 is 0 Å². The summed E-state index contributed by atoms with van der Waals surface area (Å²) in [5, 5.41) is 3.03. The van der Waals surface area contributed by atoms with Gasteiger partial charge in [-0.25, -0.2) is 4.98 Å². The molecule has 2 N–H and O–H groups in total. The number of benzene rings is 1. The maximum Gasteiger partial charge on any atom is 0.252 e. The average molecular weight is 338 g/mol. The Balaban J connectivity index is 1.91. The average Bonchev–Trinajstić information content (AvgIpc) is 3.04. The van der Waals surface area contributed by atoms with Gasteiger partial charge in [0.1, 0.15) is 5.82 Å². The minimum Gasteiger partial charge on any atom is -0.342 e. The van der Waals surface area contributed by atoms with Gasteiger partial charge in [-0.1, -0.05) is 32.4 Å². The molecule has 2 atom stereocenters. The molecule has 1 amide bonds. The van der Waals surface area contributed by atoms with Crippen molar-refractivity contribution in [3.63, 3.8) is 0 Å². The molecule has 0 saturated carbocycles. The Labute approximate surface area is 145 Å². The number of H-pyrrole nitrogens is 1. The standard InChI is InChI=1S/C19H22N4O2/c1-4-12(2)17(18-20-14-7-5-6-8-15(14)21-18)22-19(25)13-9-10-23(3)16(24)11-13/h5-12,17H,4H2,1-3H3,(H,20,21)(H,22,25)/t12-,17-/m1/s1. The number of carbonyl (C=O) groups is 1. The summed E-state index contributed by atoms with van der Waals surface area (Å²) in [5.41, 5.74) is 1.95. The molecule has 25 heavy (non-hydrogen) atoms. The van der Waals surface area contributed by atoms with Crippen LogP contribution in [0.5, 0.6) is 0 Å². The molecule has 130 valence electrons. The zero-order valence-electron chi connectivity index (χ0n) is 14.6. The molecule has 6 heteroatoms. The molecule has 0 unspecified atom stereocenters. The highest BCUT2D eigenvalue weighted by molar-refractivity contribution is 5.94. The Hall–Kier alpha value is -2.89. The summed E-state index contributed by atoms with van der Waals surface area (Å²) in [6.07, 6.45) is 2.48. The van der Waals surface area contributed by atoms with Crippen molar-refractivity contribution in [3.8, 4) is 0 Å². The molecular weight excluding hydrogens is 316 g/mol. The number of pyridine rings is 1. The number of aryl methyl sites for hydroxylation is 1. The second kappa shape index (κ2) is 6.93. The predicted molar refractivity (Wildman–Crippen MR) is 97.4 cm³/mol. The Morgan fingerprint density at radius 3 is 2.76 bits per heavy atom. The van der Waals surface area contributed by atoms with E-state index in [4.69, 9.17) is 0 Å². The van der Waals surface area contributed by atoms with Crippen LogP contribution < -0.4 is 10.9 Å². The lowest BCUT2D eigenvalue weighted by Gasteiger charge is -2.22. The van der Waals surface area contributed by atoms with E-state index in [1.165, 1.54) is 10.6 Å². The van der Waals surface area contributed by atoms with Crippen molar-refractivity contribution in [2.75, 3.05) is 0 Å². The van der Waals surface area contributed by atoms with E-state index in [0.717, 1.165) is 23.3 Å². The summed E-state index contributed by atoms with van der Waals surface area (Å²) in [6.45, 7) is 4.15. The molecule has 0 aliphatic rings. The quantitative estimate of drug-likeness (QED) is 0.751. The van der Waals surface area contributed by atoms with Crippen molar-refractivity contribution in [1.82, 2.24) is 19.9 Å². The monoisotopic (exact) mass is 338 g/mol. The van der Waals surface area contributed by atoms with E-state index < -0.39 is 0 Å². The third kappa shape index (κ3) is 3.47. The van der Waals surface area contributed by atoms with Crippen molar-refractivity contribution in [1.29, 1.82) is 0 Å². The summed E-state index contributed by atoms with van der Waals surface area (Å²) in [4.78, 5) is 32.3. The zero-order valence-corrected chi connectivity index (χ0v) is 14.6. The summed E-state index contributed by atoms with van der Waals surface area (Å²) < 4.78 is 1.43. The van der Waals surface area contributed by atoms with E-state index in [-0.39, 0.29) is 23.4 Å². The number of imidazole rings is 1. The number of nitrogens with zero attached hydrogens (tertiary/aromatic N) is 2. The van der Waals surface area contributed by atoms with E-state index in [1.54, 1.807) is 19.3 Å².